The molecule has 1 heterocycles. The molecule has 0 saturated carbocycles. The average molecular weight is 427 g/mol. The number of carbonyl (C=O) groups is 1. The standard InChI is InChI=1S/C17H10ClF3N4O4/c18-9-1-3-12(4-2-9)29-13-6-10(5-11(7-13)25(27)28)22-16(26)14-8-15(24-23-14)17(19,20)21/h1-8H,(H,22,26)(H,23,24). The van der Waals surface area contributed by atoms with Crippen molar-refractivity contribution in [3.63, 3.8) is 0 Å². The van der Waals surface area contributed by atoms with Crippen molar-refractivity contribution in [2.45, 2.75) is 6.18 Å². The van der Waals surface area contributed by atoms with Gasteiger partial charge in [-0.3, -0.25) is 20.0 Å². The molecule has 3 rings (SSSR count). The SMILES string of the molecule is O=C(Nc1cc(Oc2ccc(Cl)cc2)cc([N+](=O)[O-])c1)c1cc(C(F)(F)F)[nH]n1. The van der Waals surface area contributed by atoms with Crippen LogP contribution in [0.2, 0.25) is 5.02 Å². The summed E-state index contributed by atoms with van der Waals surface area (Å²) in [5.41, 5.74) is -2.20. The van der Waals surface area contributed by atoms with E-state index in [0.29, 0.717) is 16.8 Å². The summed E-state index contributed by atoms with van der Waals surface area (Å²) in [5.74, 6) is -0.640. The molecule has 8 nitrogen and oxygen atoms in total. The lowest BCUT2D eigenvalue weighted by molar-refractivity contribution is -0.384. The number of benzene rings is 2. The Hall–Kier alpha value is -3.60. The zero-order chi connectivity index (χ0) is 21.2. The normalized spacial score (nSPS) is 11.2. The van der Waals surface area contributed by atoms with E-state index in [0.717, 1.165) is 12.1 Å². The summed E-state index contributed by atoms with van der Waals surface area (Å²) in [5, 5.41) is 18.9. The zero-order valence-corrected chi connectivity index (χ0v) is 14.9. The molecule has 0 fully saturated rings. The smallest absolute Gasteiger partial charge is 0.432 e. The number of nitrogens with zero attached hydrogens (tertiary/aromatic N) is 2. The molecule has 1 aromatic heterocycles. The number of hydrogen-bond donors (Lipinski definition) is 2. The number of anilines is 1. The largest absolute Gasteiger partial charge is 0.457 e. The van der Waals surface area contributed by atoms with E-state index in [1.54, 1.807) is 17.2 Å². The molecule has 0 radical (unpaired) electrons. The Labute approximate surface area is 165 Å². The minimum Gasteiger partial charge on any atom is -0.457 e. The van der Waals surface area contributed by atoms with Crippen LogP contribution in [0.3, 0.4) is 0 Å². The van der Waals surface area contributed by atoms with Gasteiger partial charge in [-0.15, -0.1) is 0 Å². The first-order chi connectivity index (χ1) is 13.6. The summed E-state index contributed by atoms with van der Waals surface area (Å²) >= 11 is 5.78. The van der Waals surface area contributed by atoms with Crippen molar-refractivity contribution in [2.24, 2.45) is 0 Å². The third-order valence-electron chi connectivity index (χ3n) is 3.53. The van der Waals surface area contributed by atoms with Gasteiger partial charge in [0, 0.05) is 23.2 Å². The fourth-order valence-electron chi connectivity index (χ4n) is 2.24. The number of hydrogen-bond acceptors (Lipinski definition) is 5. The number of halogens is 4. The monoisotopic (exact) mass is 426 g/mol. The van der Waals surface area contributed by atoms with Gasteiger partial charge < -0.3 is 10.1 Å². The van der Waals surface area contributed by atoms with E-state index in [4.69, 9.17) is 16.3 Å². The first-order valence-electron chi connectivity index (χ1n) is 7.79. The van der Waals surface area contributed by atoms with E-state index < -0.39 is 34.1 Å². The van der Waals surface area contributed by atoms with Crippen molar-refractivity contribution in [2.75, 3.05) is 5.32 Å². The van der Waals surface area contributed by atoms with Crippen LogP contribution in [0.1, 0.15) is 16.2 Å². The number of alkyl halides is 3. The summed E-state index contributed by atoms with van der Waals surface area (Å²) in [4.78, 5) is 22.6. The number of rotatable bonds is 5. The molecular weight excluding hydrogens is 417 g/mol. The first kappa shape index (κ1) is 20.1. The van der Waals surface area contributed by atoms with Crippen LogP contribution in [0.4, 0.5) is 24.5 Å². The van der Waals surface area contributed by atoms with Gasteiger partial charge >= 0.3 is 6.18 Å². The lowest BCUT2D eigenvalue weighted by Gasteiger charge is -2.09. The van der Waals surface area contributed by atoms with E-state index in [1.807, 2.05) is 0 Å². The second-order valence-electron chi connectivity index (χ2n) is 5.65. The molecule has 0 atom stereocenters. The molecule has 0 aliphatic heterocycles. The van der Waals surface area contributed by atoms with Gasteiger partial charge in [-0.05, 0) is 24.3 Å². The van der Waals surface area contributed by atoms with Gasteiger partial charge in [0.25, 0.3) is 11.6 Å². The van der Waals surface area contributed by atoms with Gasteiger partial charge in [0.05, 0.1) is 16.7 Å². The Balaban J connectivity index is 1.85. The number of nitro groups is 1. The van der Waals surface area contributed by atoms with Crippen LogP contribution in [0.25, 0.3) is 0 Å². The van der Waals surface area contributed by atoms with Gasteiger partial charge in [0.2, 0.25) is 0 Å². The number of aromatic amines is 1. The predicted octanol–water partition coefficient (Wildman–Crippen LogP) is 5.03. The molecule has 2 aromatic carbocycles. The molecule has 2 N–H and O–H groups in total. The van der Waals surface area contributed by atoms with Gasteiger partial charge in [-0.2, -0.15) is 18.3 Å². The number of ether oxygens (including phenoxy) is 1. The van der Waals surface area contributed by atoms with Crippen LogP contribution in [0.5, 0.6) is 11.5 Å². The summed E-state index contributed by atoms with van der Waals surface area (Å²) in [6.45, 7) is 0. The first-order valence-corrected chi connectivity index (χ1v) is 8.16. The Morgan fingerprint density at radius 2 is 1.83 bits per heavy atom. The summed E-state index contributed by atoms with van der Waals surface area (Å²) in [7, 11) is 0. The van der Waals surface area contributed by atoms with Crippen LogP contribution in [0.15, 0.2) is 48.5 Å². The second-order valence-corrected chi connectivity index (χ2v) is 6.08. The van der Waals surface area contributed by atoms with Crippen molar-refractivity contribution >= 4 is 28.9 Å². The highest BCUT2D eigenvalue weighted by molar-refractivity contribution is 6.30. The molecule has 0 bridgehead atoms. The highest BCUT2D eigenvalue weighted by atomic mass is 35.5. The molecule has 3 aromatic rings. The molecule has 150 valence electrons. The van der Waals surface area contributed by atoms with E-state index in [-0.39, 0.29) is 11.4 Å². The number of amides is 1. The molecule has 0 unspecified atom stereocenters. The number of aromatic nitrogens is 2. The van der Waals surface area contributed by atoms with E-state index in [1.165, 1.54) is 18.2 Å². The number of carbonyl (C=O) groups excluding carboxylic acids is 1. The van der Waals surface area contributed by atoms with Crippen LogP contribution in [0, 0.1) is 10.1 Å². The number of nitrogens with one attached hydrogen (secondary N) is 2. The second kappa shape index (κ2) is 7.80. The highest BCUT2D eigenvalue weighted by Gasteiger charge is 2.33. The number of nitro benzene ring substituents is 1. The molecular formula is C17H10ClF3N4O4. The molecule has 0 aliphatic carbocycles. The Morgan fingerprint density at radius 3 is 2.41 bits per heavy atom. The van der Waals surface area contributed by atoms with Crippen LogP contribution < -0.4 is 10.1 Å². The summed E-state index contributed by atoms with van der Waals surface area (Å²) in [6.07, 6.45) is -4.70. The van der Waals surface area contributed by atoms with Crippen LogP contribution in [-0.4, -0.2) is 21.0 Å². The third-order valence-corrected chi connectivity index (χ3v) is 3.78. The topological polar surface area (TPSA) is 110 Å². The minimum atomic E-state index is -4.70. The van der Waals surface area contributed by atoms with Gasteiger partial charge in [0.1, 0.15) is 17.2 Å². The van der Waals surface area contributed by atoms with Crippen molar-refractivity contribution in [3.05, 3.63) is 75.1 Å². The third kappa shape index (κ3) is 5.02. The molecule has 29 heavy (non-hydrogen) atoms. The molecule has 12 heteroatoms. The predicted molar refractivity (Wildman–Crippen MR) is 96.2 cm³/mol. The van der Waals surface area contributed by atoms with Gasteiger partial charge in [-0.1, -0.05) is 11.6 Å². The van der Waals surface area contributed by atoms with Crippen molar-refractivity contribution in [1.82, 2.24) is 10.2 Å². The fourth-order valence-corrected chi connectivity index (χ4v) is 2.36. The van der Waals surface area contributed by atoms with Crippen molar-refractivity contribution in [1.29, 1.82) is 0 Å². The van der Waals surface area contributed by atoms with Gasteiger partial charge in [0.15, 0.2) is 5.69 Å². The van der Waals surface area contributed by atoms with E-state index in [9.17, 15) is 28.1 Å². The average Bonchev–Trinajstić information content (AvgIpc) is 3.14. The maximum absolute atomic E-state index is 12.6. The van der Waals surface area contributed by atoms with Crippen LogP contribution >= 0.6 is 11.6 Å². The fraction of sp³-hybridized carbons (Fsp3) is 0.0588. The van der Waals surface area contributed by atoms with E-state index in [2.05, 4.69) is 10.4 Å². The van der Waals surface area contributed by atoms with Crippen molar-refractivity contribution < 1.29 is 27.6 Å². The maximum Gasteiger partial charge on any atom is 0.432 e. The molecule has 0 saturated heterocycles. The Morgan fingerprint density at radius 1 is 1.14 bits per heavy atom. The molecule has 0 aliphatic rings. The lowest BCUT2D eigenvalue weighted by Crippen LogP contribution is -2.12. The number of H-pyrrole nitrogens is 1. The Bertz CT molecular complexity index is 1070. The quantitative estimate of drug-likeness (QED) is 0.439. The Kier molecular flexibility index (Phi) is 5.41. The maximum atomic E-state index is 12.6. The highest BCUT2D eigenvalue weighted by Crippen LogP contribution is 2.31. The van der Waals surface area contributed by atoms with Crippen LogP contribution in [-0.2, 0) is 6.18 Å². The zero-order valence-electron chi connectivity index (χ0n) is 14.2. The molecule has 0 spiro atoms. The van der Waals surface area contributed by atoms with Gasteiger partial charge in [-0.25, -0.2) is 0 Å². The van der Waals surface area contributed by atoms with Crippen molar-refractivity contribution in [3.8, 4) is 11.5 Å². The van der Waals surface area contributed by atoms with E-state index >= 15 is 0 Å². The lowest BCUT2D eigenvalue weighted by atomic mass is 10.2. The molecule has 1 amide bonds. The summed E-state index contributed by atoms with van der Waals surface area (Å²) < 4.78 is 43.4. The minimum absolute atomic E-state index is 0.0230. The summed E-state index contributed by atoms with van der Waals surface area (Å²) in [6, 6.07) is 10.1. The number of non-ortho nitro benzene ring substituents is 1.